The van der Waals surface area contributed by atoms with E-state index in [1.165, 1.54) is 0 Å². The highest BCUT2D eigenvalue weighted by atomic mass is 35.5. The minimum absolute atomic E-state index is 0.0551. The van der Waals surface area contributed by atoms with E-state index in [9.17, 15) is 9.59 Å². The number of nitrogens with one attached hydrogen (secondary N) is 1. The molecule has 0 radical (unpaired) electrons. The maximum atomic E-state index is 12.9. The Kier molecular flexibility index (Phi) is 4.58. The van der Waals surface area contributed by atoms with E-state index in [1.807, 2.05) is 24.3 Å². The van der Waals surface area contributed by atoms with Crippen LogP contribution in [-0.2, 0) is 11.2 Å². The number of halogens is 1. The van der Waals surface area contributed by atoms with Crippen molar-refractivity contribution >= 4 is 29.4 Å². The molecule has 0 saturated heterocycles. The van der Waals surface area contributed by atoms with E-state index in [4.69, 9.17) is 16.3 Å². The Hall–Kier alpha value is -2.33. The number of hydrogen-bond acceptors (Lipinski definition) is 3. The lowest BCUT2D eigenvalue weighted by Gasteiger charge is -2.15. The summed E-state index contributed by atoms with van der Waals surface area (Å²) in [6.45, 7) is 3.83. The van der Waals surface area contributed by atoms with E-state index in [0.717, 1.165) is 11.3 Å². The number of allylic oxidation sites excluding steroid dienone is 1. The molecule has 1 aliphatic rings. The Labute approximate surface area is 145 Å². The number of Topliss-reactive ketones (excluding diaryl/α,β-unsaturated/α-hetero) is 1. The van der Waals surface area contributed by atoms with Gasteiger partial charge in [-0.05, 0) is 50.0 Å². The Balaban J connectivity index is 1.99. The zero-order chi connectivity index (χ0) is 17.3. The van der Waals surface area contributed by atoms with Crippen LogP contribution in [0.15, 0.2) is 29.8 Å². The van der Waals surface area contributed by atoms with Crippen molar-refractivity contribution in [2.45, 2.75) is 26.7 Å². The summed E-state index contributed by atoms with van der Waals surface area (Å²) in [4.78, 5) is 27.9. The molecular formula is C19H18ClNO3. The summed E-state index contributed by atoms with van der Waals surface area (Å²) in [5, 5.41) is 0.613. The highest BCUT2D eigenvalue weighted by Gasteiger charge is 2.29. The Morgan fingerprint density at radius 3 is 2.79 bits per heavy atom. The van der Waals surface area contributed by atoms with Crippen LogP contribution in [0.1, 0.15) is 51.0 Å². The lowest BCUT2D eigenvalue weighted by Crippen LogP contribution is -2.14. The van der Waals surface area contributed by atoms with E-state index in [0.29, 0.717) is 46.9 Å². The van der Waals surface area contributed by atoms with Crippen LogP contribution in [0.5, 0.6) is 0 Å². The van der Waals surface area contributed by atoms with Crippen molar-refractivity contribution in [3.63, 3.8) is 0 Å². The molecule has 0 aliphatic heterocycles. The molecule has 0 spiro atoms. The van der Waals surface area contributed by atoms with Gasteiger partial charge >= 0.3 is 5.97 Å². The molecule has 0 saturated carbocycles. The van der Waals surface area contributed by atoms with E-state index in [2.05, 4.69) is 4.98 Å². The van der Waals surface area contributed by atoms with Crippen molar-refractivity contribution in [3.8, 4) is 0 Å². The van der Waals surface area contributed by atoms with Crippen LogP contribution in [0, 0.1) is 6.92 Å². The van der Waals surface area contributed by atoms with Crippen LogP contribution < -0.4 is 0 Å². The lowest BCUT2D eigenvalue weighted by molar-refractivity contribution is 0.0519. The summed E-state index contributed by atoms with van der Waals surface area (Å²) < 4.78 is 5.05. The second-order valence-electron chi connectivity index (χ2n) is 5.72. The van der Waals surface area contributed by atoms with E-state index < -0.39 is 5.97 Å². The van der Waals surface area contributed by atoms with Crippen molar-refractivity contribution in [1.29, 1.82) is 0 Å². The average molecular weight is 344 g/mol. The largest absolute Gasteiger partial charge is 0.461 e. The van der Waals surface area contributed by atoms with Gasteiger partial charge in [-0.25, -0.2) is 4.79 Å². The standard InChI is InChI=1S/C19H18ClNO3/c1-3-24-19(23)17-11(2)16-15(21-17)9-8-13(18(16)22)10-12-6-4-5-7-14(12)20/h4-7,10,21H,3,8-9H2,1-2H3/b13-10+. The summed E-state index contributed by atoms with van der Waals surface area (Å²) >= 11 is 6.18. The number of hydrogen-bond donors (Lipinski definition) is 1. The van der Waals surface area contributed by atoms with Crippen molar-refractivity contribution in [2.24, 2.45) is 0 Å². The van der Waals surface area contributed by atoms with Gasteiger partial charge in [-0.15, -0.1) is 0 Å². The van der Waals surface area contributed by atoms with E-state index >= 15 is 0 Å². The van der Waals surface area contributed by atoms with Gasteiger partial charge < -0.3 is 9.72 Å². The molecule has 1 N–H and O–H groups in total. The van der Waals surface area contributed by atoms with Crippen LogP contribution in [0.25, 0.3) is 6.08 Å². The van der Waals surface area contributed by atoms with Crippen molar-refractivity contribution in [1.82, 2.24) is 4.98 Å². The molecule has 1 heterocycles. The molecule has 124 valence electrons. The van der Waals surface area contributed by atoms with Crippen LogP contribution in [0.4, 0.5) is 0 Å². The first-order valence-corrected chi connectivity index (χ1v) is 8.29. The first-order valence-electron chi connectivity index (χ1n) is 7.91. The third-order valence-electron chi connectivity index (χ3n) is 4.21. The van der Waals surface area contributed by atoms with E-state index in [1.54, 1.807) is 19.9 Å². The summed E-state index contributed by atoms with van der Waals surface area (Å²) in [7, 11) is 0. The second kappa shape index (κ2) is 6.65. The van der Waals surface area contributed by atoms with Crippen molar-refractivity contribution in [3.05, 3.63) is 62.9 Å². The van der Waals surface area contributed by atoms with Gasteiger partial charge in [-0.3, -0.25) is 4.79 Å². The SMILES string of the molecule is CCOC(=O)c1[nH]c2c(c1C)C(=O)/C(=C/c1ccccc1Cl)CC2. The fourth-order valence-electron chi connectivity index (χ4n) is 3.01. The summed E-state index contributed by atoms with van der Waals surface area (Å²) in [6, 6.07) is 7.42. The Morgan fingerprint density at radius 1 is 1.33 bits per heavy atom. The number of rotatable bonds is 3. The molecule has 0 bridgehead atoms. The van der Waals surface area contributed by atoms with Crippen LogP contribution in [0.2, 0.25) is 5.02 Å². The molecule has 0 unspecified atom stereocenters. The van der Waals surface area contributed by atoms with Gasteiger partial charge in [0.05, 0.1) is 6.61 Å². The van der Waals surface area contributed by atoms with Gasteiger partial charge in [0.1, 0.15) is 5.69 Å². The van der Waals surface area contributed by atoms with Gasteiger partial charge in [0.2, 0.25) is 0 Å². The number of carbonyl (C=O) groups is 2. The number of aromatic amines is 1. The highest BCUT2D eigenvalue weighted by molar-refractivity contribution is 6.32. The fraction of sp³-hybridized carbons (Fsp3) is 0.263. The first-order chi connectivity index (χ1) is 11.5. The van der Waals surface area contributed by atoms with Crippen LogP contribution in [0.3, 0.4) is 0 Å². The first kappa shape index (κ1) is 16.5. The van der Waals surface area contributed by atoms with Gasteiger partial charge in [0.25, 0.3) is 0 Å². The number of aromatic nitrogens is 1. The van der Waals surface area contributed by atoms with Crippen molar-refractivity contribution < 1.29 is 14.3 Å². The number of H-pyrrole nitrogens is 1. The molecule has 2 aromatic rings. The summed E-state index contributed by atoms with van der Waals surface area (Å²) in [6.07, 6.45) is 3.13. The molecule has 1 aromatic carbocycles. The number of ether oxygens (including phenoxy) is 1. The van der Waals surface area contributed by atoms with Gasteiger partial charge in [-0.2, -0.15) is 0 Å². The molecule has 4 nitrogen and oxygen atoms in total. The zero-order valence-electron chi connectivity index (χ0n) is 13.6. The summed E-state index contributed by atoms with van der Waals surface area (Å²) in [5.41, 5.74) is 3.93. The maximum absolute atomic E-state index is 12.9. The van der Waals surface area contributed by atoms with E-state index in [-0.39, 0.29) is 5.78 Å². The molecule has 5 heteroatoms. The third-order valence-corrected chi connectivity index (χ3v) is 4.55. The highest BCUT2D eigenvalue weighted by Crippen LogP contribution is 2.31. The predicted octanol–water partition coefficient (Wildman–Crippen LogP) is 4.37. The monoisotopic (exact) mass is 343 g/mol. The Morgan fingerprint density at radius 2 is 2.08 bits per heavy atom. The number of aryl methyl sites for hydroxylation is 1. The normalized spacial score (nSPS) is 15.5. The molecule has 1 aliphatic carbocycles. The Bertz CT molecular complexity index is 848. The maximum Gasteiger partial charge on any atom is 0.355 e. The second-order valence-corrected chi connectivity index (χ2v) is 6.13. The number of fused-ring (bicyclic) bond motifs is 1. The zero-order valence-corrected chi connectivity index (χ0v) is 14.4. The lowest BCUT2D eigenvalue weighted by atomic mass is 9.88. The smallest absolute Gasteiger partial charge is 0.355 e. The molecule has 24 heavy (non-hydrogen) atoms. The summed E-state index contributed by atoms with van der Waals surface area (Å²) in [5.74, 6) is -0.477. The molecular weight excluding hydrogens is 326 g/mol. The van der Waals surface area contributed by atoms with Crippen molar-refractivity contribution in [2.75, 3.05) is 6.61 Å². The number of carbonyl (C=O) groups excluding carboxylic acids is 2. The van der Waals surface area contributed by atoms with Gasteiger partial charge in [0.15, 0.2) is 5.78 Å². The fourth-order valence-corrected chi connectivity index (χ4v) is 3.20. The topological polar surface area (TPSA) is 59.2 Å². The molecule has 3 rings (SSSR count). The van der Waals surface area contributed by atoms with Gasteiger partial charge in [0, 0.05) is 21.9 Å². The molecule has 1 aromatic heterocycles. The quantitative estimate of drug-likeness (QED) is 0.665. The predicted molar refractivity (Wildman–Crippen MR) is 93.6 cm³/mol. The average Bonchev–Trinajstić information content (AvgIpc) is 2.90. The molecule has 0 atom stereocenters. The number of ketones is 1. The third kappa shape index (κ3) is 2.89. The minimum Gasteiger partial charge on any atom is -0.461 e. The van der Waals surface area contributed by atoms with Gasteiger partial charge in [-0.1, -0.05) is 29.8 Å². The van der Waals surface area contributed by atoms with Crippen LogP contribution in [-0.4, -0.2) is 23.3 Å². The number of benzene rings is 1. The number of esters is 1. The molecule has 0 amide bonds. The molecule has 0 fully saturated rings. The minimum atomic E-state index is -0.422. The van der Waals surface area contributed by atoms with Crippen LogP contribution >= 0.6 is 11.6 Å².